The molecular formula is C27H23N3O4S3. The van der Waals surface area contributed by atoms with Crippen LogP contribution in [-0.4, -0.2) is 53.1 Å². The summed E-state index contributed by atoms with van der Waals surface area (Å²) in [5.41, 5.74) is 1.91. The molecule has 3 aromatic rings. The van der Waals surface area contributed by atoms with Crippen molar-refractivity contribution in [3.63, 3.8) is 0 Å². The number of fused-ring (bicyclic) bond motifs is 5. The number of carbonyl (C=O) groups is 2. The van der Waals surface area contributed by atoms with Crippen molar-refractivity contribution in [3.05, 3.63) is 95.6 Å². The van der Waals surface area contributed by atoms with Gasteiger partial charge in [-0.25, -0.2) is 12.7 Å². The second kappa shape index (κ2) is 7.89. The lowest BCUT2D eigenvalue weighted by Crippen LogP contribution is -2.68. The molecular weight excluding hydrogens is 527 g/mol. The zero-order valence-electron chi connectivity index (χ0n) is 20.0. The molecule has 0 aromatic heterocycles. The summed E-state index contributed by atoms with van der Waals surface area (Å²) in [6, 6.07) is 23.1. The number of rotatable bonds is 3. The van der Waals surface area contributed by atoms with Crippen LogP contribution in [0.5, 0.6) is 0 Å². The third kappa shape index (κ3) is 3.00. The third-order valence-corrected chi connectivity index (χ3v) is 10.5. The standard InChI is InChI=1S/C27H23N3O4S3/c1-17-12-14-18(15-13-17)26-16-27(36)25(32)28(2)23(35)22(31)29(27)24(26)30(21-11-7-6-10-20(21)26)37(33,34)19-8-4-3-5-9-19/h3-15,24,36H,16H2,1-2H3/t24-,26-,27-/m0/s1. The zero-order chi connectivity index (χ0) is 26.3. The Hall–Kier alpha value is -3.21. The number of anilines is 1. The van der Waals surface area contributed by atoms with E-state index >= 15 is 0 Å². The van der Waals surface area contributed by atoms with Gasteiger partial charge in [-0.3, -0.25) is 19.4 Å². The quantitative estimate of drug-likeness (QED) is 0.400. The number of hydrogen-bond acceptors (Lipinski definition) is 6. The van der Waals surface area contributed by atoms with E-state index in [0.717, 1.165) is 16.0 Å². The highest BCUT2D eigenvalue weighted by Crippen LogP contribution is 2.63. The van der Waals surface area contributed by atoms with Crippen molar-refractivity contribution in [2.24, 2.45) is 0 Å². The van der Waals surface area contributed by atoms with Crippen LogP contribution in [0.3, 0.4) is 0 Å². The normalized spacial score (nSPS) is 26.8. The number of aryl methyl sites for hydroxylation is 1. The first-order valence-electron chi connectivity index (χ1n) is 11.7. The highest BCUT2D eigenvalue weighted by Gasteiger charge is 2.73. The van der Waals surface area contributed by atoms with Crippen LogP contribution in [0, 0.1) is 6.92 Å². The summed E-state index contributed by atoms with van der Waals surface area (Å²) in [4.78, 5) is 28.2. The van der Waals surface area contributed by atoms with E-state index in [1.807, 2.05) is 43.3 Å². The van der Waals surface area contributed by atoms with E-state index in [0.29, 0.717) is 11.3 Å². The molecule has 0 radical (unpaired) electrons. The molecule has 0 spiro atoms. The van der Waals surface area contributed by atoms with E-state index in [4.69, 9.17) is 24.8 Å². The summed E-state index contributed by atoms with van der Waals surface area (Å²) >= 11 is 10.2. The Labute approximate surface area is 226 Å². The van der Waals surface area contributed by atoms with Gasteiger partial charge in [0.05, 0.1) is 16.0 Å². The molecule has 3 atom stereocenters. The molecule has 3 aliphatic rings. The summed E-state index contributed by atoms with van der Waals surface area (Å²) in [5.74, 6) is -1.07. The number of carbonyl (C=O) groups excluding carboxylic acids is 2. The molecule has 7 nitrogen and oxygen atoms in total. The summed E-state index contributed by atoms with van der Waals surface area (Å²) in [6.07, 6.45) is -1.02. The van der Waals surface area contributed by atoms with Crippen molar-refractivity contribution in [2.45, 2.75) is 34.7 Å². The lowest BCUT2D eigenvalue weighted by Gasteiger charge is -2.45. The van der Waals surface area contributed by atoms with E-state index in [1.165, 1.54) is 28.4 Å². The first-order valence-corrected chi connectivity index (χ1v) is 14.0. The third-order valence-electron chi connectivity index (χ3n) is 7.67. The molecule has 0 saturated carbocycles. The van der Waals surface area contributed by atoms with Crippen LogP contribution in [0.15, 0.2) is 83.8 Å². The predicted molar refractivity (Wildman–Crippen MR) is 147 cm³/mol. The molecule has 6 rings (SSSR count). The van der Waals surface area contributed by atoms with Gasteiger partial charge < -0.3 is 0 Å². The smallest absolute Gasteiger partial charge is 0.285 e. The molecule has 3 aliphatic heterocycles. The fourth-order valence-corrected chi connectivity index (χ4v) is 8.46. The van der Waals surface area contributed by atoms with Crippen molar-refractivity contribution < 1.29 is 18.0 Å². The van der Waals surface area contributed by atoms with E-state index in [2.05, 4.69) is 0 Å². The van der Waals surface area contributed by atoms with Gasteiger partial charge in [-0.15, -0.1) is 12.6 Å². The molecule has 37 heavy (non-hydrogen) atoms. The Bertz CT molecular complexity index is 1590. The first kappa shape index (κ1) is 24.1. The fourth-order valence-electron chi connectivity index (χ4n) is 5.99. The maximum atomic E-state index is 14.3. The predicted octanol–water partition coefficient (Wildman–Crippen LogP) is 3.47. The minimum Gasteiger partial charge on any atom is -0.299 e. The van der Waals surface area contributed by atoms with Crippen LogP contribution < -0.4 is 4.31 Å². The zero-order valence-corrected chi connectivity index (χ0v) is 22.6. The van der Waals surface area contributed by atoms with Gasteiger partial charge >= 0.3 is 0 Å². The van der Waals surface area contributed by atoms with Gasteiger partial charge in [0.15, 0.2) is 9.86 Å². The summed E-state index contributed by atoms with van der Waals surface area (Å²) in [7, 11) is -2.72. The molecule has 2 amide bonds. The average molecular weight is 550 g/mol. The molecule has 2 fully saturated rings. The van der Waals surface area contributed by atoms with Crippen molar-refractivity contribution >= 4 is 57.4 Å². The largest absolute Gasteiger partial charge is 0.299 e. The van der Waals surface area contributed by atoms with Crippen molar-refractivity contribution in [3.8, 4) is 0 Å². The van der Waals surface area contributed by atoms with Gasteiger partial charge in [0.1, 0.15) is 6.17 Å². The van der Waals surface area contributed by atoms with Gasteiger partial charge in [-0.1, -0.05) is 78.4 Å². The molecule has 0 unspecified atom stereocenters. The number of hydrogen-bond donors (Lipinski definition) is 1. The van der Waals surface area contributed by atoms with Gasteiger partial charge in [0.25, 0.3) is 21.8 Å². The molecule has 3 heterocycles. The van der Waals surface area contributed by atoms with Crippen LogP contribution in [0.25, 0.3) is 0 Å². The molecule has 188 valence electrons. The SMILES string of the molecule is Cc1ccc([C@]23C[C@]4(S)C(=O)N(C)C(=S)C(=O)N4[C@H]2N(S(=O)(=O)c2ccccc2)c2ccccc23)cc1. The van der Waals surface area contributed by atoms with E-state index < -0.39 is 38.3 Å². The number of benzene rings is 3. The number of para-hydroxylation sites is 1. The Morgan fingerprint density at radius 1 is 0.946 bits per heavy atom. The van der Waals surface area contributed by atoms with E-state index in [1.54, 1.807) is 30.3 Å². The number of amides is 2. The molecule has 2 saturated heterocycles. The number of nitrogens with zero attached hydrogens (tertiary/aromatic N) is 3. The minimum absolute atomic E-state index is 0.0756. The highest BCUT2D eigenvalue weighted by atomic mass is 32.2. The Balaban J connectivity index is 1.71. The van der Waals surface area contributed by atoms with Gasteiger partial charge in [-0.05, 0) is 36.2 Å². The van der Waals surface area contributed by atoms with E-state index in [-0.39, 0.29) is 16.3 Å². The second-order valence-electron chi connectivity index (χ2n) is 9.68. The average Bonchev–Trinajstić information content (AvgIpc) is 3.34. The second-order valence-corrected chi connectivity index (χ2v) is 12.6. The molecule has 0 N–H and O–H groups in total. The van der Waals surface area contributed by atoms with Gasteiger partial charge in [-0.2, -0.15) is 0 Å². The van der Waals surface area contributed by atoms with E-state index in [9.17, 15) is 18.0 Å². The number of piperazine rings is 1. The number of thiol groups is 1. The number of sulfonamides is 1. The summed E-state index contributed by atoms with van der Waals surface area (Å²) in [6.45, 7) is 1.96. The Kier molecular flexibility index (Phi) is 5.15. The fraction of sp³-hybridized carbons (Fsp3) is 0.222. The van der Waals surface area contributed by atoms with Gasteiger partial charge in [0.2, 0.25) is 0 Å². The lowest BCUT2D eigenvalue weighted by atomic mass is 9.72. The van der Waals surface area contributed by atoms with Crippen molar-refractivity contribution in [2.75, 3.05) is 11.4 Å². The van der Waals surface area contributed by atoms with Crippen molar-refractivity contribution in [1.82, 2.24) is 9.80 Å². The Morgan fingerprint density at radius 2 is 1.57 bits per heavy atom. The number of likely N-dealkylation sites (N-methyl/N-ethyl adjacent to an activating group) is 1. The summed E-state index contributed by atoms with van der Waals surface area (Å²) in [5, 5.41) is 0. The Morgan fingerprint density at radius 3 is 2.24 bits per heavy atom. The molecule has 3 aromatic carbocycles. The van der Waals surface area contributed by atoms with Gasteiger partial charge in [0, 0.05) is 13.5 Å². The number of thiocarbonyl (C=S) groups is 1. The maximum Gasteiger partial charge on any atom is 0.285 e. The van der Waals surface area contributed by atoms with Crippen molar-refractivity contribution in [1.29, 1.82) is 0 Å². The lowest BCUT2D eigenvalue weighted by molar-refractivity contribution is -0.145. The molecule has 0 aliphatic carbocycles. The molecule has 0 bridgehead atoms. The van der Waals surface area contributed by atoms with Crippen LogP contribution in [0.1, 0.15) is 23.1 Å². The minimum atomic E-state index is -4.17. The van der Waals surface area contributed by atoms with Crippen LogP contribution in [-0.2, 0) is 25.0 Å². The van der Waals surface area contributed by atoms with Crippen LogP contribution >= 0.6 is 24.8 Å². The molecule has 10 heteroatoms. The maximum absolute atomic E-state index is 14.3. The van der Waals surface area contributed by atoms with Crippen LogP contribution in [0.4, 0.5) is 5.69 Å². The highest BCUT2D eigenvalue weighted by molar-refractivity contribution is 7.93. The first-order chi connectivity index (χ1) is 17.5. The van der Waals surface area contributed by atoms with Crippen LogP contribution in [0.2, 0.25) is 0 Å². The summed E-state index contributed by atoms with van der Waals surface area (Å²) < 4.78 is 29.9. The monoisotopic (exact) mass is 549 g/mol. The topological polar surface area (TPSA) is 78.0 Å².